The van der Waals surface area contributed by atoms with E-state index in [1.165, 1.54) is 0 Å². The molecule has 3 rings (SSSR count). The van der Waals surface area contributed by atoms with Gasteiger partial charge in [-0.3, -0.25) is 4.79 Å². The van der Waals surface area contributed by atoms with E-state index in [-0.39, 0.29) is 10.9 Å². The number of alkyl halides is 6. The smallest absolute Gasteiger partial charge is 0.390 e. The highest BCUT2D eigenvalue weighted by Crippen LogP contribution is 2.42. The largest absolute Gasteiger partial charge is 0.434 e. The van der Waals surface area contributed by atoms with Gasteiger partial charge in [-0.05, 0) is 12.8 Å². The van der Waals surface area contributed by atoms with Gasteiger partial charge in [0.15, 0.2) is 5.69 Å². The first-order valence-corrected chi connectivity index (χ1v) is 8.85. The SMILES string of the molecule is N=C/C(=C\NCCC(F)(F)F)c1c(C(F)(F)F)nc2sc(C3CC3)nn2c1=O. The van der Waals surface area contributed by atoms with Gasteiger partial charge in [0.2, 0.25) is 4.96 Å². The van der Waals surface area contributed by atoms with Crippen molar-refractivity contribution in [3.05, 3.63) is 32.8 Å². The quantitative estimate of drug-likeness (QED) is 0.421. The second-order valence-corrected chi connectivity index (χ2v) is 7.10. The normalized spacial score (nSPS) is 15.9. The summed E-state index contributed by atoms with van der Waals surface area (Å²) in [6, 6.07) is 0. The van der Waals surface area contributed by atoms with E-state index in [2.05, 4.69) is 15.4 Å². The van der Waals surface area contributed by atoms with Gasteiger partial charge in [0.1, 0.15) is 5.01 Å². The molecule has 152 valence electrons. The number of rotatable bonds is 6. The third kappa shape index (κ3) is 4.34. The maximum Gasteiger partial charge on any atom is 0.434 e. The molecule has 6 nitrogen and oxygen atoms in total. The summed E-state index contributed by atoms with van der Waals surface area (Å²) in [4.78, 5) is 16.0. The van der Waals surface area contributed by atoms with Crippen molar-refractivity contribution in [2.45, 2.75) is 37.5 Å². The first kappa shape index (κ1) is 20.3. The molecule has 0 aromatic carbocycles. The van der Waals surface area contributed by atoms with Crippen molar-refractivity contribution in [1.29, 1.82) is 5.41 Å². The maximum absolute atomic E-state index is 13.5. The Morgan fingerprint density at radius 2 is 1.96 bits per heavy atom. The van der Waals surface area contributed by atoms with E-state index >= 15 is 0 Å². The van der Waals surface area contributed by atoms with E-state index in [9.17, 15) is 31.1 Å². The van der Waals surface area contributed by atoms with Gasteiger partial charge in [-0.25, -0.2) is 4.98 Å². The van der Waals surface area contributed by atoms with Crippen molar-refractivity contribution < 1.29 is 26.3 Å². The van der Waals surface area contributed by atoms with Crippen LogP contribution >= 0.6 is 11.3 Å². The number of halogens is 6. The minimum atomic E-state index is -5.00. The molecule has 13 heteroatoms. The number of nitrogens with zero attached hydrogens (tertiary/aromatic N) is 3. The maximum atomic E-state index is 13.5. The van der Waals surface area contributed by atoms with Crippen LogP contribution in [0.2, 0.25) is 0 Å². The lowest BCUT2D eigenvalue weighted by Gasteiger charge is -2.12. The molecule has 0 amide bonds. The molecular weight excluding hydrogens is 412 g/mol. The Balaban J connectivity index is 2.07. The molecule has 28 heavy (non-hydrogen) atoms. The summed E-state index contributed by atoms with van der Waals surface area (Å²) in [5, 5.41) is 14.0. The monoisotopic (exact) mass is 425 g/mol. The number of hydrogen-bond acceptors (Lipinski definition) is 6. The molecule has 2 heterocycles. The zero-order chi connectivity index (χ0) is 20.7. The highest BCUT2D eigenvalue weighted by Gasteiger charge is 2.39. The molecule has 0 spiro atoms. The van der Waals surface area contributed by atoms with E-state index in [1.807, 2.05) is 0 Å². The van der Waals surface area contributed by atoms with Crippen LogP contribution in [-0.2, 0) is 6.18 Å². The van der Waals surface area contributed by atoms with Crippen molar-refractivity contribution in [2.24, 2.45) is 0 Å². The van der Waals surface area contributed by atoms with Gasteiger partial charge in [0.05, 0.1) is 12.0 Å². The lowest BCUT2D eigenvalue weighted by Crippen LogP contribution is -2.27. The molecule has 0 aliphatic heterocycles. The first-order chi connectivity index (χ1) is 13.0. The molecule has 1 aliphatic carbocycles. The van der Waals surface area contributed by atoms with Gasteiger partial charge >= 0.3 is 12.4 Å². The van der Waals surface area contributed by atoms with Crippen LogP contribution in [0.25, 0.3) is 10.5 Å². The van der Waals surface area contributed by atoms with Crippen molar-refractivity contribution in [3.8, 4) is 0 Å². The lowest BCUT2D eigenvalue weighted by molar-refractivity contribution is -0.141. The summed E-state index contributed by atoms with van der Waals surface area (Å²) in [5.41, 5.74) is -4.11. The number of nitrogens with one attached hydrogen (secondary N) is 2. The molecule has 2 aromatic rings. The van der Waals surface area contributed by atoms with Crippen molar-refractivity contribution >= 4 is 28.1 Å². The molecule has 0 radical (unpaired) electrons. The molecule has 1 aliphatic rings. The fraction of sp³-hybridized carbons (Fsp3) is 0.467. The number of allylic oxidation sites excluding steroid dienone is 1. The Labute approximate surface area is 157 Å². The predicted molar refractivity (Wildman–Crippen MR) is 89.5 cm³/mol. The second kappa shape index (κ2) is 7.18. The van der Waals surface area contributed by atoms with Crippen LogP contribution in [0.4, 0.5) is 26.3 Å². The molecule has 2 aromatic heterocycles. The second-order valence-electron chi connectivity index (χ2n) is 6.11. The zero-order valence-corrected chi connectivity index (χ0v) is 14.8. The summed E-state index contributed by atoms with van der Waals surface area (Å²) in [6.07, 6.45) is -7.82. The van der Waals surface area contributed by atoms with E-state index in [0.29, 0.717) is 11.2 Å². The van der Waals surface area contributed by atoms with Crippen LogP contribution in [0.3, 0.4) is 0 Å². The number of hydrogen-bond donors (Lipinski definition) is 2. The molecule has 1 saturated carbocycles. The van der Waals surface area contributed by atoms with Crippen molar-refractivity contribution in [3.63, 3.8) is 0 Å². The van der Waals surface area contributed by atoms with Crippen LogP contribution in [-0.4, -0.2) is 33.5 Å². The van der Waals surface area contributed by atoms with Crippen LogP contribution < -0.4 is 10.9 Å². The van der Waals surface area contributed by atoms with Gasteiger partial charge in [-0.15, -0.1) is 0 Å². The van der Waals surface area contributed by atoms with Gasteiger partial charge in [0, 0.05) is 30.5 Å². The zero-order valence-electron chi connectivity index (χ0n) is 14.0. The van der Waals surface area contributed by atoms with Gasteiger partial charge < -0.3 is 10.7 Å². The van der Waals surface area contributed by atoms with E-state index in [4.69, 9.17) is 5.41 Å². The Morgan fingerprint density at radius 1 is 1.29 bits per heavy atom. The van der Waals surface area contributed by atoms with Crippen molar-refractivity contribution in [1.82, 2.24) is 19.9 Å². The molecule has 0 bridgehead atoms. The van der Waals surface area contributed by atoms with E-state index < -0.39 is 47.7 Å². The molecule has 0 atom stereocenters. The van der Waals surface area contributed by atoms with E-state index in [1.54, 1.807) is 0 Å². The number of fused-ring (bicyclic) bond motifs is 1. The summed E-state index contributed by atoms with van der Waals surface area (Å²) >= 11 is 0.888. The van der Waals surface area contributed by atoms with Gasteiger partial charge in [0.25, 0.3) is 5.56 Å². The van der Waals surface area contributed by atoms with Gasteiger partial charge in [-0.1, -0.05) is 11.3 Å². The van der Waals surface area contributed by atoms with Crippen LogP contribution in [0.1, 0.15) is 41.4 Å². The molecule has 0 unspecified atom stereocenters. The highest BCUT2D eigenvalue weighted by atomic mass is 32.1. The summed E-state index contributed by atoms with van der Waals surface area (Å²) < 4.78 is 77.8. The third-order valence-corrected chi connectivity index (χ3v) is 4.95. The Hall–Kier alpha value is -2.44. The fourth-order valence-corrected chi connectivity index (χ4v) is 3.46. The average molecular weight is 425 g/mol. The van der Waals surface area contributed by atoms with Crippen LogP contribution in [0, 0.1) is 5.41 Å². The summed E-state index contributed by atoms with van der Waals surface area (Å²) in [7, 11) is 0. The Morgan fingerprint density at radius 3 is 2.50 bits per heavy atom. The topological polar surface area (TPSA) is 83.1 Å². The standard InChI is InChI=1S/C15H13F6N5OS/c16-14(17,18)3-4-23-6-8(5-22)9-10(15(19,20)21)24-13-26(12(9)27)25-11(28-13)7-1-2-7/h5-7,22-23H,1-4H2/b8-6+,22-5?. The number of aromatic nitrogens is 3. The molecular formula is C15H13F6N5OS. The highest BCUT2D eigenvalue weighted by molar-refractivity contribution is 7.16. The summed E-state index contributed by atoms with van der Waals surface area (Å²) in [6.45, 7) is -0.623. The predicted octanol–water partition coefficient (Wildman–Crippen LogP) is 3.58. The summed E-state index contributed by atoms with van der Waals surface area (Å²) in [5.74, 6) is 0.0886. The Kier molecular flexibility index (Phi) is 5.21. The lowest BCUT2D eigenvalue weighted by atomic mass is 10.1. The average Bonchev–Trinajstić information content (AvgIpc) is 3.33. The van der Waals surface area contributed by atoms with Crippen molar-refractivity contribution in [2.75, 3.05) is 6.54 Å². The van der Waals surface area contributed by atoms with E-state index in [0.717, 1.165) is 34.9 Å². The minimum Gasteiger partial charge on any atom is -0.390 e. The first-order valence-electron chi connectivity index (χ1n) is 8.03. The van der Waals surface area contributed by atoms with Crippen LogP contribution in [0.5, 0.6) is 0 Å². The third-order valence-electron chi connectivity index (χ3n) is 3.88. The molecule has 0 saturated heterocycles. The molecule has 1 fully saturated rings. The molecule has 2 N–H and O–H groups in total. The van der Waals surface area contributed by atoms with Crippen LogP contribution in [0.15, 0.2) is 11.0 Å². The minimum absolute atomic E-state index is 0.0886. The van der Waals surface area contributed by atoms with Gasteiger partial charge in [-0.2, -0.15) is 36.0 Å². The fourth-order valence-electron chi connectivity index (χ4n) is 2.40. The Bertz CT molecular complexity index is 986.